The van der Waals surface area contributed by atoms with E-state index in [0.717, 1.165) is 16.3 Å². The van der Waals surface area contributed by atoms with Gasteiger partial charge in [-0.3, -0.25) is 14.4 Å². The number of amides is 3. The zero-order valence-electron chi connectivity index (χ0n) is 19.5. The van der Waals surface area contributed by atoms with Crippen LogP contribution in [0.1, 0.15) is 24.5 Å². The van der Waals surface area contributed by atoms with Crippen LogP contribution in [0.2, 0.25) is 0 Å². The lowest BCUT2D eigenvalue weighted by atomic mass is 9.88. The van der Waals surface area contributed by atoms with E-state index in [-0.39, 0.29) is 30.2 Å². The molecule has 0 unspecified atom stereocenters. The summed E-state index contributed by atoms with van der Waals surface area (Å²) in [4.78, 5) is 38.8. The lowest BCUT2D eigenvalue weighted by molar-refractivity contribution is -0.138. The lowest BCUT2D eigenvalue weighted by Gasteiger charge is -2.39. The van der Waals surface area contributed by atoms with Gasteiger partial charge in [0.2, 0.25) is 11.8 Å². The Bertz CT molecular complexity index is 1220. The van der Waals surface area contributed by atoms with Crippen LogP contribution in [-0.4, -0.2) is 46.6 Å². The first kappa shape index (κ1) is 24.8. The second-order valence-corrected chi connectivity index (χ2v) is 9.94. The van der Waals surface area contributed by atoms with Crippen molar-refractivity contribution in [3.05, 3.63) is 83.9 Å². The van der Waals surface area contributed by atoms with E-state index >= 15 is 0 Å². The highest BCUT2D eigenvalue weighted by Crippen LogP contribution is 2.28. The molecule has 0 saturated carbocycles. The molecule has 4 rings (SSSR count). The second-order valence-electron chi connectivity index (χ2n) is 8.70. The number of fused-ring (bicyclic) bond motifs is 1. The number of hydrogen-bond acceptors (Lipinski definition) is 5. The van der Waals surface area contributed by atoms with Crippen molar-refractivity contribution < 1.29 is 19.5 Å². The summed E-state index contributed by atoms with van der Waals surface area (Å²) in [6.45, 7) is 1.64. The fourth-order valence-corrected chi connectivity index (χ4v) is 5.05. The molecule has 0 aromatic heterocycles. The normalized spacial score (nSPS) is 18.7. The van der Waals surface area contributed by atoms with Gasteiger partial charge in [-0.15, -0.1) is 11.8 Å². The molecule has 1 heterocycles. The number of carbonyl (C=O) groups is 3. The molecule has 182 valence electrons. The highest BCUT2D eigenvalue weighted by Gasteiger charge is 2.45. The third-order valence-electron chi connectivity index (χ3n) is 6.20. The predicted octanol–water partition coefficient (Wildman–Crippen LogP) is 2.47. The predicted molar refractivity (Wildman–Crippen MR) is 138 cm³/mol. The van der Waals surface area contributed by atoms with E-state index in [1.165, 1.54) is 11.8 Å². The van der Waals surface area contributed by atoms with Crippen molar-refractivity contribution in [1.82, 2.24) is 16.0 Å². The average Bonchev–Trinajstić information content (AvgIpc) is 2.88. The van der Waals surface area contributed by atoms with Gasteiger partial charge in [0.15, 0.2) is 0 Å². The maximum absolute atomic E-state index is 13.6. The molecule has 8 heteroatoms. The quantitative estimate of drug-likeness (QED) is 0.326. The van der Waals surface area contributed by atoms with E-state index in [1.807, 2.05) is 72.8 Å². The largest absolute Gasteiger partial charge is 0.396 e. The van der Waals surface area contributed by atoms with Crippen molar-refractivity contribution in [2.45, 2.75) is 36.7 Å². The van der Waals surface area contributed by atoms with Crippen molar-refractivity contribution >= 4 is 40.3 Å². The molecule has 1 aliphatic heterocycles. The topological polar surface area (TPSA) is 108 Å². The van der Waals surface area contributed by atoms with Gasteiger partial charge in [0.05, 0.1) is 6.61 Å². The van der Waals surface area contributed by atoms with Crippen molar-refractivity contribution in [2.75, 3.05) is 12.4 Å². The van der Waals surface area contributed by atoms with Crippen molar-refractivity contribution in [1.29, 1.82) is 0 Å². The summed E-state index contributed by atoms with van der Waals surface area (Å²) in [5.41, 5.74) is 0.273. The maximum Gasteiger partial charge on any atom is 0.250 e. The van der Waals surface area contributed by atoms with Crippen molar-refractivity contribution in [2.24, 2.45) is 0 Å². The molecule has 4 N–H and O–H groups in total. The van der Waals surface area contributed by atoms with Gasteiger partial charge in [0.1, 0.15) is 17.0 Å². The first-order chi connectivity index (χ1) is 16.9. The Kier molecular flexibility index (Phi) is 7.73. The van der Waals surface area contributed by atoms with Crippen molar-refractivity contribution in [3.63, 3.8) is 0 Å². The number of thioether (sulfide) groups is 1. The molecule has 0 radical (unpaired) electrons. The van der Waals surface area contributed by atoms with Crippen LogP contribution < -0.4 is 16.0 Å². The van der Waals surface area contributed by atoms with Crippen LogP contribution in [0.4, 0.5) is 0 Å². The molecule has 3 aromatic carbocycles. The van der Waals surface area contributed by atoms with E-state index in [9.17, 15) is 14.4 Å². The minimum Gasteiger partial charge on any atom is -0.396 e. The molecular formula is C27H29N3O4S. The highest BCUT2D eigenvalue weighted by molar-refractivity contribution is 8.00. The van der Waals surface area contributed by atoms with Crippen LogP contribution in [0.3, 0.4) is 0 Å². The number of aliphatic hydroxyl groups excluding tert-OH is 1. The number of aliphatic hydroxyl groups is 1. The molecule has 7 nitrogen and oxygen atoms in total. The van der Waals surface area contributed by atoms with E-state index in [4.69, 9.17) is 5.11 Å². The molecule has 35 heavy (non-hydrogen) atoms. The van der Waals surface area contributed by atoms with Gasteiger partial charge in [-0.1, -0.05) is 66.7 Å². The molecular weight excluding hydrogens is 462 g/mol. The third kappa shape index (κ3) is 5.66. The Hall–Kier alpha value is -3.36. The molecule has 1 fully saturated rings. The van der Waals surface area contributed by atoms with Gasteiger partial charge >= 0.3 is 0 Å². The molecule has 0 spiro atoms. The van der Waals surface area contributed by atoms with Gasteiger partial charge in [0.25, 0.3) is 5.91 Å². The second kappa shape index (κ2) is 10.9. The summed E-state index contributed by atoms with van der Waals surface area (Å²) >= 11 is 1.36. The van der Waals surface area contributed by atoms with Crippen LogP contribution in [0, 0.1) is 0 Å². The first-order valence-electron chi connectivity index (χ1n) is 11.6. The summed E-state index contributed by atoms with van der Waals surface area (Å²) in [7, 11) is 0. The number of benzene rings is 3. The van der Waals surface area contributed by atoms with E-state index in [0.29, 0.717) is 17.7 Å². The standard InChI is InChI=1S/C27H29N3O4S/c1-27(21-13-12-19-9-5-6-10-20(19)17-21,30-22(32)14-11-18-7-3-2-4-8-18)26(34)28-23-24(33)29-25(23)35-16-15-31/h2-10,12-13,17,23,25,31H,11,14-16H2,1H3,(H,28,34)(H,29,33)(H,30,32)/t23-,25-,27-/m1/s1. The number of rotatable bonds is 10. The SMILES string of the molecule is C[C@](NC(=O)CCc1ccccc1)(C(=O)N[C@@H]1C(=O)N[C@@H]1SCCO)c1ccc2ccccc2c1. The fraction of sp³-hybridized carbons (Fsp3) is 0.296. The van der Waals surface area contributed by atoms with Crippen molar-refractivity contribution in [3.8, 4) is 0 Å². The van der Waals surface area contributed by atoms with E-state index in [2.05, 4.69) is 16.0 Å². The monoisotopic (exact) mass is 491 g/mol. The van der Waals surface area contributed by atoms with Gasteiger partial charge < -0.3 is 21.1 Å². The zero-order chi connectivity index (χ0) is 24.8. The summed E-state index contributed by atoms with van der Waals surface area (Å²) in [6.07, 6.45) is 0.770. The lowest BCUT2D eigenvalue weighted by Crippen LogP contribution is -2.70. The van der Waals surface area contributed by atoms with Crippen LogP contribution in [-0.2, 0) is 26.3 Å². The molecule has 3 amide bonds. The average molecular weight is 492 g/mol. The number of carbonyl (C=O) groups excluding carboxylic acids is 3. The van der Waals surface area contributed by atoms with E-state index in [1.54, 1.807) is 6.92 Å². The zero-order valence-corrected chi connectivity index (χ0v) is 20.3. The number of β-lactam (4-membered cyclic amide) rings is 1. The van der Waals surface area contributed by atoms with Crippen LogP contribution in [0.5, 0.6) is 0 Å². The Morgan fingerprint density at radius 1 is 1.03 bits per heavy atom. The molecule has 0 aliphatic carbocycles. The smallest absolute Gasteiger partial charge is 0.250 e. The van der Waals surface area contributed by atoms with Gasteiger partial charge in [-0.25, -0.2) is 0 Å². The molecule has 0 bridgehead atoms. The minimum atomic E-state index is -1.39. The van der Waals surface area contributed by atoms with Gasteiger partial charge in [0, 0.05) is 12.2 Å². The Balaban J connectivity index is 1.57. The summed E-state index contributed by atoms with van der Waals surface area (Å²) in [5, 5.41) is 19.2. The number of hydrogen-bond donors (Lipinski definition) is 4. The summed E-state index contributed by atoms with van der Waals surface area (Å²) in [5.74, 6) is -0.570. The van der Waals surface area contributed by atoms with E-state index < -0.39 is 17.5 Å². The fourth-order valence-electron chi connectivity index (χ4n) is 4.10. The van der Waals surface area contributed by atoms with Gasteiger partial charge in [-0.05, 0) is 41.3 Å². The molecule has 1 aliphatic rings. The Morgan fingerprint density at radius 2 is 1.74 bits per heavy atom. The number of nitrogens with one attached hydrogen (secondary N) is 3. The van der Waals surface area contributed by atoms with Crippen LogP contribution >= 0.6 is 11.8 Å². The highest BCUT2D eigenvalue weighted by atomic mass is 32.2. The van der Waals surface area contributed by atoms with Crippen LogP contribution in [0.25, 0.3) is 10.8 Å². The minimum absolute atomic E-state index is 0.0238. The van der Waals surface area contributed by atoms with Gasteiger partial charge in [-0.2, -0.15) is 0 Å². The Labute approximate surface area is 208 Å². The molecule has 3 aromatic rings. The summed E-state index contributed by atoms with van der Waals surface area (Å²) < 4.78 is 0. The first-order valence-corrected chi connectivity index (χ1v) is 12.6. The summed E-state index contributed by atoms with van der Waals surface area (Å²) in [6, 6.07) is 22.4. The Morgan fingerprint density at radius 3 is 2.46 bits per heavy atom. The maximum atomic E-state index is 13.6. The third-order valence-corrected chi connectivity index (χ3v) is 7.37. The molecule has 3 atom stereocenters. The molecule has 1 saturated heterocycles. The number of aryl methyl sites for hydroxylation is 1. The van der Waals surface area contributed by atoms with Crippen LogP contribution in [0.15, 0.2) is 72.8 Å².